The summed E-state index contributed by atoms with van der Waals surface area (Å²) >= 11 is 0. The Bertz CT molecular complexity index is 840. The van der Waals surface area contributed by atoms with Crippen LogP contribution < -0.4 is 4.74 Å². The average Bonchev–Trinajstić information content (AvgIpc) is 3.08. The van der Waals surface area contributed by atoms with E-state index in [0.29, 0.717) is 11.8 Å². The van der Waals surface area contributed by atoms with E-state index < -0.39 is 0 Å². The molecule has 0 amide bonds. The largest absolute Gasteiger partial charge is 0.437 e. The molecule has 0 aliphatic carbocycles. The van der Waals surface area contributed by atoms with Gasteiger partial charge in [0.15, 0.2) is 0 Å². The van der Waals surface area contributed by atoms with Crippen molar-refractivity contribution in [1.29, 1.82) is 0 Å². The van der Waals surface area contributed by atoms with Gasteiger partial charge in [-0.3, -0.25) is 9.88 Å². The first kappa shape index (κ1) is 16.7. The highest BCUT2D eigenvalue weighted by atomic mass is 16.5. The number of hydrogen-bond acceptors (Lipinski definition) is 5. The van der Waals surface area contributed by atoms with E-state index in [-0.39, 0.29) is 0 Å². The molecule has 6 nitrogen and oxygen atoms in total. The van der Waals surface area contributed by atoms with Gasteiger partial charge in [0, 0.05) is 31.9 Å². The molecular weight excluding hydrogens is 326 g/mol. The fraction of sp³-hybridized carbons (Fsp3) is 0.350. The molecule has 1 saturated heterocycles. The maximum atomic E-state index is 5.82. The molecular formula is C20H23N5O. The Morgan fingerprint density at radius 1 is 1.04 bits per heavy atom. The van der Waals surface area contributed by atoms with Crippen LogP contribution in [0.1, 0.15) is 30.1 Å². The quantitative estimate of drug-likeness (QED) is 0.707. The van der Waals surface area contributed by atoms with E-state index >= 15 is 0 Å². The molecule has 0 atom stereocenters. The molecule has 1 fully saturated rings. The number of rotatable bonds is 5. The highest BCUT2D eigenvalue weighted by molar-refractivity contribution is 5.26. The molecule has 0 bridgehead atoms. The van der Waals surface area contributed by atoms with E-state index in [1.807, 2.05) is 56.1 Å². The molecule has 0 unspecified atom stereocenters. The third kappa shape index (κ3) is 3.91. The number of aromatic nitrogens is 4. The van der Waals surface area contributed by atoms with E-state index in [0.717, 1.165) is 43.9 Å². The summed E-state index contributed by atoms with van der Waals surface area (Å²) in [7, 11) is 2.04. The Morgan fingerprint density at radius 2 is 1.85 bits per heavy atom. The predicted octanol–water partition coefficient (Wildman–Crippen LogP) is 3.38. The second kappa shape index (κ2) is 7.66. The molecule has 3 aromatic rings. The van der Waals surface area contributed by atoms with Crippen LogP contribution in [0.25, 0.3) is 0 Å². The van der Waals surface area contributed by atoms with E-state index in [1.54, 1.807) is 6.20 Å². The molecule has 26 heavy (non-hydrogen) atoms. The second-order valence-electron chi connectivity index (χ2n) is 6.74. The Labute approximate surface area is 153 Å². The first-order valence-corrected chi connectivity index (χ1v) is 9.00. The lowest BCUT2D eigenvalue weighted by molar-refractivity contribution is 0.199. The normalized spacial score (nSPS) is 15.9. The number of imidazole rings is 1. The molecule has 0 spiro atoms. The number of hydrogen-bond donors (Lipinski definition) is 0. The van der Waals surface area contributed by atoms with Crippen molar-refractivity contribution < 1.29 is 4.74 Å². The van der Waals surface area contributed by atoms with Crippen LogP contribution in [-0.2, 0) is 13.6 Å². The van der Waals surface area contributed by atoms with Gasteiger partial charge in [0.25, 0.3) is 0 Å². The van der Waals surface area contributed by atoms with Gasteiger partial charge < -0.3 is 9.30 Å². The van der Waals surface area contributed by atoms with E-state index in [9.17, 15) is 0 Å². The highest BCUT2D eigenvalue weighted by Crippen LogP contribution is 2.28. The third-order valence-electron chi connectivity index (χ3n) is 4.90. The second-order valence-corrected chi connectivity index (χ2v) is 6.74. The van der Waals surface area contributed by atoms with Gasteiger partial charge in [0.1, 0.15) is 5.75 Å². The molecule has 0 saturated carbocycles. The topological polar surface area (TPSA) is 56.1 Å². The molecule has 2 aromatic heterocycles. The van der Waals surface area contributed by atoms with Crippen molar-refractivity contribution in [2.45, 2.75) is 25.3 Å². The molecule has 4 rings (SSSR count). The van der Waals surface area contributed by atoms with Crippen LogP contribution in [0.15, 0.2) is 55.2 Å². The monoisotopic (exact) mass is 349 g/mol. The molecule has 6 heteroatoms. The Hall–Kier alpha value is -2.73. The van der Waals surface area contributed by atoms with E-state index in [4.69, 9.17) is 4.74 Å². The van der Waals surface area contributed by atoms with Crippen molar-refractivity contribution in [2.24, 2.45) is 7.05 Å². The van der Waals surface area contributed by atoms with Crippen molar-refractivity contribution in [1.82, 2.24) is 24.4 Å². The SMILES string of the molecule is Cn1cncc1CN1CCC(c2cncc(Oc3ccccc3)n2)CC1. The van der Waals surface area contributed by atoms with Crippen LogP contribution in [0.5, 0.6) is 11.6 Å². The van der Waals surface area contributed by atoms with E-state index in [2.05, 4.69) is 24.4 Å². The van der Waals surface area contributed by atoms with Crippen LogP contribution in [0.4, 0.5) is 0 Å². The van der Waals surface area contributed by atoms with Crippen molar-refractivity contribution in [3.8, 4) is 11.6 Å². The number of benzene rings is 1. The van der Waals surface area contributed by atoms with Crippen LogP contribution >= 0.6 is 0 Å². The zero-order valence-electron chi connectivity index (χ0n) is 15.0. The molecule has 0 radical (unpaired) electrons. The lowest BCUT2D eigenvalue weighted by Crippen LogP contribution is -2.33. The summed E-state index contributed by atoms with van der Waals surface area (Å²) in [5.74, 6) is 1.78. The summed E-state index contributed by atoms with van der Waals surface area (Å²) < 4.78 is 7.91. The number of ether oxygens (including phenoxy) is 1. The van der Waals surface area contributed by atoms with Gasteiger partial charge in [-0.1, -0.05) is 18.2 Å². The van der Waals surface area contributed by atoms with Gasteiger partial charge in [0.05, 0.1) is 23.9 Å². The number of likely N-dealkylation sites (tertiary alicyclic amines) is 1. The number of piperidine rings is 1. The Morgan fingerprint density at radius 3 is 2.58 bits per heavy atom. The maximum absolute atomic E-state index is 5.82. The lowest BCUT2D eigenvalue weighted by atomic mass is 9.94. The highest BCUT2D eigenvalue weighted by Gasteiger charge is 2.23. The zero-order valence-corrected chi connectivity index (χ0v) is 15.0. The molecule has 0 N–H and O–H groups in total. The maximum Gasteiger partial charge on any atom is 0.238 e. The zero-order chi connectivity index (χ0) is 17.8. The lowest BCUT2D eigenvalue weighted by Gasteiger charge is -2.31. The number of aryl methyl sites for hydroxylation is 1. The fourth-order valence-corrected chi connectivity index (χ4v) is 3.37. The van der Waals surface area contributed by atoms with Crippen molar-refractivity contribution in [3.05, 3.63) is 66.6 Å². The summed E-state index contributed by atoms with van der Waals surface area (Å²) in [6.07, 6.45) is 9.52. The van der Waals surface area contributed by atoms with Crippen molar-refractivity contribution in [2.75, 3.05) is 13.1 Å². The van der Waals surface area contributed by atoms with Gasteiger partial charge in [-0.05, 0) is 38.1 Å². The molecule has 134 valence electrons. The Balaban J connectivity index is 1.37. The van der Waals surface area contributed by atoms with Gasteiger partial charge in [-0.15, -0.1) is 0 Å². The molecule has 1 aliphatic rings. The minimum absolute atomic E-state index is 0.435. The van der Waals surface area contributed by atoms with Crippen LogP contribution in [0.2, 0.25) is 0 Å². The number of nitrogens with zero attached hydrogens (tertiary/aromatic N) is 5. The minimum Gasteiger partial charge on any atom is -0.437 e. The Kier molecular flexibility index (Phi) is 4.93. The number of para-hydroxylation sites is 1. The minimum atomic E-state index is 0.435. The molecule has 1 aromatic carbocycles. The first-order valence-electron chi connectivity index (χ1n) is 9.00. The predicted molar refractivity (Wildman–Crippen MR) is 99.0 cm³/mol. The van der Waals surface area contributed by atoms with Gasteiger partial charge in [0.2, 0.25) is 5.88 Å². The summed E-state index contributed by atoms with van der Waals surface area (Å²) in [4.78, 5) is 15.7. The fourth-order valence-electron chi connectivity index (χ4n) is 3.37. The van der Waals surface area contributed by atoms with Crippen LogP contribution in [-0.4, -0.2) is 37.5 Å². The van der Waals surface area contributed by atoms with Crippen molar-refractivity contribution in [3.63, 3.8) is 0 Å². The summed E-state index contributed by atoms with van der Waals surface area (Å²) in [6.45, 7) is 3.06. The van der Waals surface area contributed by atoms with Crippen LogP contribution in [0.3, 0.4) is 0 Å². The van der Waals surface area contributed by atoms with Gasteiger partial charge >= 0.3 is 0 Å². The first-order chi connectivity index (χ1) is 12.8. The summed E-state index contributed by atoms with van der Waals surface area (Å²) in [5.41, 5.74) is 2.28. The summed E-state index contributed by atoms with van der Waals surface area (Å²) in [5, 5.41) is 0. The standard InChI is InChI=1S/C20H23N5O/c1-24-15-22-11-17(24)14-25-9-7-16(8-10-25)19-12-21-13-20(23-19)26-18-5-3-2-4-6-18/h2-6,11-13,15-16H,7-10,14H2,1H3. The van der Waals surface area contributed by atoms with Crippen LogP contribution in [0, 0.1) is 0 Å². The van der Waals surface area contributed by atoms with Crippen molar-refractivity contribution >= 4 is 0 Å². The molecule has 1 aliphatic heterocycles. The molecule has 3 heterocycles. The third-order valence-corrected chi connectivity index (χ3v) is 4.90. The summed E-state index contributed by atoms with van der Waals surface area (Å²) in [6, 6.07) is 9.71. The smallest absolute Gasteiger partial charge is 0.238 e. The average molecular weight is 349 g/mol. The van der Waals surface area contributed by atoms with E-state index in [1.165, 1.54) is 5.69 Å². The van der Waals surface area contributed by atoms with Gasteiger partial charge in [-0.25, -0.2) is 9.97 Å². The van der Waals surface area contributed by atoms with Gasteiger partial charge in [-0.2, -0.15) is 0 Å².